The van der Waals surface area contributed by atoms with Gasteiger partial charge in [-0.25, -0.2) is 0 Å². The van der Waals surface area contributed by atoms with E-state index in [1.54, 1.807) is 16.8 Å². The van der Waals surface area contributed by atoms with E-state index >= 15 is 0 Å². The molecule has 2 aromatic rings. The molecule has 2 amide bonds. The number of carbonyl (C=O) groups is 2. The molecule has 0 fully saturated rings. The minimum Gasteiger partial charge on any atom is -0.324 e. The van der Waals surface area contributed by atoms with Gasteiger partial charge in [-0.3, -0.25) is 14.3 Å². The van der Waals surface area contributed by atoms with Crippen LogP contribution >= 0.6 is 11.8 Å². The summed E-state index contributed by atoms with van der Waals surface area (Å²) in [4.78, 5) is 25.2. The first-order chi connectivity index (χ1) is 10.9. The van der Waals surface area contributed by atoms with Crippen molar-refractivity contribution in [1.29, 1.82) is 0 Å². The fourth-order valence-corrected chi connectivity index (χ4v) is 3.42. The van der Waals surface area contributed by atoms with E-state index in [0.717, 1.165) is 22.0 Å². The van der Waals surface area contributed by atoms with Crippen molar-refractivity contribution in [3.63, 3.8) is 0 Å². The molecule has 1 aromatic heterocycles. The number of nitrogens with zero attached hydrogens (tertiary/aromatic N) is 2. The van der Waals surface area contributed by atoms with Gasteiger partial charge in [0.1, 0.15) is 0 Å². The van der Waals surface area contributed by atoms with Gasteiger partial charge in [0.2, 0.25) is 5.91 Å². The molecule has 120 valence electrons. The van der Waals surface area contributed by atoms with Crippen molar-refractivity contribution in [3.8, 4) is 0 Å². The molecule has 23 heavy (non-hydrogen) atoms. The summed E-state index contributed by atoms with van der Waals surface area (Å²) in [5.74, 6) is -0.260. The molecule has 2 N–H and O–H groups in total. The standard InChI is InChI=1S/C16H18N4O2S/c1-8-14(9(2)20(4)19-8)18-16(22)11-5-6-13-12(7-11)17-15(21)10(3)23-13/h5-7,10H,1-4H3,(H,17,21)(H,18,22)/t10-/m0/s1. The zero-order chi connectivity index (χ0) is 16.7. The first-order valence-electron chi connectivity index (χ1n) is 7.30. The first kappa shape index (κ1) is 15.6. The summed E-state index contributed by atoms with van der Waals surface area (Å²) in [5, 5.41) is 9.91. The van der Waals surface area contributed by atoms with Crippen molar-refractivity contribution in [2.45, 2.75) is 30.9 Å². The molecule has 1 aliphatic heterocycles. The second-order valence-corrected chi connectivity index (χ2v) is 6.97. The predicted molar refractivity (Wildman–Crippen MR) is 91.0 cm³/mol. The quantitative estimate of drug-likeness (QED) is 0.888. The molecule has 0 spiro atoms. The fraction of sp³-hybridized carbons (Fsp3) is 0.312. The average Bonchev–Trinajstić information content (AvgIpc) is 2.74. The van der Waals surface area contributed by atoms with Crippen molar-refractivity contribution in [2.75, 3.05) is 10.6 Å². The first-order valence-corrected chi connectivity index (χ1v) is 8.18. The summed E-state index contributed by atoms with van der Waals surface area (Å²) >= 11 is 1.50. The number of fused-ring (bicyclic) bond motifs is 1. The van der Waals surface area contributed by atoms with Gasteiger partial charge in [-0.05, 0) is 39.0 Å². The molecule has 0 saturated carbocycles. The van der Waals surface area contributed by atoms with Gasteiger partial charge in [-0.2, -0.15) is 5.10 Å². The summed E-state index contributed by atoms with van der Waals surface area (Å²) in [5.41, 5.74) is 3.58. The number of hydrogen-bond donors (Lipinski definition) is 2. The monoisotopic (exact) mass is 330 g/mol. The predicted octanol–water partition coefficient (Wildman–Crippen LogP) is 2.72. The normalized spacial score (nSPS) is 16.7. The summed E-state index contributed by atoms with van der Waals surface area (Å²) < 4.78 is 1.73. The number of anilines is 2. The zero-order valence-corrected chi connectivity index (χ0v) is 14.2. The topological polar surface area (TPSA) is 76.0 Å². The van der Waals surface area contributed by atoms with Crippen molar-refractivity contribution in [2.24, 2.45) is 7.05 Å². The molecule has 3 rings (SSSR count). The second kappa shape index (κ2) is 5.73. The number of aromatic nitrogens is 2. The Morgan fingerprint density at radius 1 is 1.39 bits per heavy atom. The SMILES string of the molecule is Cc1nn(C)c(C)c1NC(=O)c1ccc2c(c1)NC(=O)[C@H](C)S2. The van der Waals surface area contributed by atoms with Crippen LogP contribution in [0.3, 0.4) is 0 Å². The van der Waals surface area contributed by atoms with E-state index in [9.17, 15) is 9.59 Å². The Morgan fingerprint density at radius 2 is 2.13 bits per heavy atom. The van der Waals surface area contributed by atoms with Crippen molar-refractivity contribution >= 4 is 35.0 Å². The van der Waals surface area contributed by atoms with Crippen molar-refractivity contribution < 1.29 is 9.59 Å². The average molecular weight is 330 g/mol. The third-order valence-corrected chi connectivity index (χ3v) is 5.10. The molecule has 6 nitrogen and oxygen atoms in total. The lowest BCUT2D eigenvalue weighted by Crippen LogP contribution is -2.26. The van der Waals surface area contributed by atoms with E-state index in [-0.39, 0.29) is 17.1 Å². The van der Waals surface area contributed by atoms with Crippen LogP contribution in [-0.4, -0.2) is 26.8 Å². The number of carbonyl (C=O) groups excluding carboxylic acids is 2. The molecule has 1 aromatic carbocycles. The highest BCUT2D eigenvalue weighted by Crippen LogP contribution is 2.36. The Bertz CT molecular complexity index is 813. The number of aryl methyl sites for hydroxylation is 2. The second-order valence-electron chi connectivity index (χ2n) is 5.58. The van der Waals surface area contributed by atoms with Gasteiger partial charge in [0.25, 0.3) is 5.91 Å². The maximum absolute atomic E-state index is 12.5. The van der Waals surface area contributed by atoms with Crippen LogP contribution in [0, 0.1) is 13.8 Å². The Kier molecular flexibility index (Phi) is 3.89. The Morgan fingerprint density at radius 3 is 2.78 bits per heavy atom. The Labute approximate surface area is 138 Å². The summed E-state index contributed by atoms with van der Waals surface area (Å²) in [6.07, 6.45) is 0. The van der Waals surface area contributed by atoms with Crippen molar-refractivity contribution in [3.05, 3.63) is 35.2 Å². The van der Waals surface area contributed by atoms with E-state index in [1.165, 1.54) is 11.8 Å². The molecule has 0 aliphatic carbocycles. The molecule has 1 aliphatic rings. The van der Waals surface area contributed by atoms with Crippen LogP contribution in [0.4, 0.5) is 11.4 Å². The molecule has 7 heteroatoms. The van der Waals surface area contributed by atoms with E-state index in [2.05, 4.69) is 15.7 Å². The van der Waals surface area contributed by atoms with Gasteiger partial charge in [0.15, 0.2) is 0 Å². The number of nitrogens with one attached hydrogen (secondary N) is 2. The van der Waals surface area contributed by atoms with Crippen LogP contribution in [0.2, 0.25) is 0 Å². The molecule has 1 atom stereocenters. The molecular formula is C16H18N4O2S. The lowest BCUT2D eigenvalue weighted by molar-refractivity contribution is -0.115. The molecule has 0 bridgehead atoms. The lowest BCUT2D eigenvalue weighted by Gasteiger charge is -2.21. The molecule has 0 radical (unpaired) electrons. The molecule has 0 unspecified atom stereocenters. The van der Waals surface area contributed by atoms with Gasteiger partial charge in [0.05, 0.1) is 28.0 Å². The highest BCUT2D eigenvalue weighted by atomic mass is 32.2. The van der Waals surface area contributed by atoms with Crippen LogP contribution < -0.4 is 10.6 Å². The zero-order valence-electron chi connectivity index (χ0n) is 13.4. The van der Waals surface area contributed by atoms with Gasteiger partial charge < -0.3 is 10.6 Å². The number of thioether (sulfide) groups is 1. The number of rotatable bonds is 2. The van der Waals surface area contributed by atoms with Gasteiger partial charge in [-0.15, -0.1) is 11.8 Å². The fourth-order valence-electron chi connectivity index (χ4n) is 2.49. The Balaban J connectivity index is 1.86. The Hall–Kier alpha value is -2.28. The lowest BCUT2D eigenvalue weighted by atomic mass is 10.1. The third kappa shape index (κ3) is 2.84. The van der Waals surface area contributed by atoms with E-state index in [1.807, 2.05) is 33.9 Å². The van der Waals surface area contributed by atoms with Crippen LogP contribution in [0.5, 0.6) is 0 Å². The molecular weight excluding hydrogens is 312 g/mol. The summed E-state index contributed by atoms with van der Waals surface area (Å²) in [6.45, 7) is 5.62. The van der Waals surface area contributed by atoms with Crippen LogP contribution in [0.15, 0.2) is 23.1 Å². The third-order valence-electron chi connectivity index (χ3n) is 3.92. The van der Waals surface area contributed by atoms with Crippen LogP contribution in [-0.2, 0) is 11.8 Å². The summed E-state index contributed by atoms with van der Waals surface area (Å²) in [6, 6.07) is 5.35. The number of hydrogen-bond acceptors (Lipinski definition) is 4. The number of amides is 2. The largest absolute Gasteiger partial charge is 0.324 e. The maximum Gasteiger partial charge on any atom is 0.255 e. The highest BCUT2D eigenvalue weighted by Gasteiger charge is 2.24. The van der Waals surface area contributed by atoms with Gasteiger partial charge in [0, 0.05) is 17.5 Å². The van der Waals surface area contributed by atoms with E-state index in [0.29, 0.717) is 11.3 Å². The molecule has 0 saturated heterocycles. The highest BCUT2D eigenvalue weighted by molar-refractivity contribution is 8.00. The van der Waals surface area contributed by atoms with Crippen LogP contribution in [0.25, 0.3) is 0 Å². The number of benzene rings is 1. The minimum absolute atomic E-state index is 0.0426. The minimum atomic E-state index is -0.218. The van der Waals surface area contributed by atoms with E-state index in [4.69, 9.17) is 0 Å². The van der Waals surface area contributed by atoms with Gasteiger partial charge in [-0.1, -0.05) is 0 Å². The van der Waals surface area contributed by atoms with Crippen LogP contribution in [0.1, 0.15) is 28.7 Å². The van der Waals surface area contributed by atoms with Gasteiger partial charge >= 0.3 is 0 Å². The van der Waals surface area contributed by atoms with E-state index < -0.39 is 0 Å². The maximum atomic E-state index is 12.5. The molecule has 2 heterocycles. The van der Waals surface area contributed by atoms with Crippen molar-refractivity contribution in [1.82, 2.24) is 9.78 Å². The smallest absolute Gasteiger partial charge is 0.255 e. The summed E-state index contributed by atoms with van der Waals surface area (Å²) in [7, 11) is 1.84.